The van der Waals surface area contributed by atoms with Gasteiger partial charge < -0.3 is 14.6 Å². The summed E-state index contributed by atoms with van der Waals surface area (Å²) in [5.74, 6) is 1.13. The molecule has 4 heteroatoms. The molecule has 0 radical (unpaired) electrons. The third kappa shape index (κ3) is 3.82. The van der Waals surface area contributed by atoms with Gasteiger partial charge in [0.2, 0.25) is 0 Å². The number of nitrogens with one attached hydrogen (secondary N) is 1. The van der Waals surface area contributed by atoms with E-state index >= 15 is 0 Å². The fourth-order valence-corrected chi connectivity index (χ4v) is 2.20. The number of hydrogen-bond donors (Lipinski definition) is 1. The highest BCUT2D eigenvalue weighted by atomic mass is 16.5. The zero-order chi connectivity index (χ0) is 12.7. The highest BCUT2D eigenvalue weighted by molar-refractivity contribution is 4.97. The first-order valence-corrected chi connectivity index (χ1v) is 6.46. The van der Waals surface area contributed by atoms with Crippen molar-refractivity contribution in [1.82, 2.24) is 14.9 Å². The zero-order valence-corrected chi connectivity index (χ0v) is 11.4. The molecule has 17 heavy (non-hydrogen) atoms. The average Bonchev–Trinajstić information content (AvgIpc) is 2.80. The van der Waals surface area contributed by atoms with Gasteiger partial charge in [0.1, 0.15) is 5.82 Å². The predicted octanol–water partition coefficient (Wildman–Crippen LogP) is 1.85. The second kappa shape index (κ2) is 7.45. The van der Waals surface area contributed by atoms with Crippen LogP contribution in [0.2, 0.25) is 0 Å². The number of nitrogens with zero attached hydrogens (tertiary/aromatic N) is 2. The smallest absolute Gasteiger partial charge is 0.110 e. The number of aromatic nitrogens is 2. The molecule has 0 bridgehead atoms. The molecule has 98 valence electrons. The molecule has 0 aliphatic rings. The number of hydrogen-bond acceptors (Lipinski definition) is 3. The Morgan fingerprint density at radius 1 is 1.47 bits per heavy atom. The minimum atomic E-state index is 0.256. The molecule has 0 amide bonds. The molecule has 1 N–H and O–H groups in total. The molecule has 2 unspecified atom stereocenters. The van der Waals surface area contributed by atoms with Gasteiger partial charge in [-0.2, -0.15) is 0 Å². The van der Waals surface area contributed by atoms with Crippen LogP contribution < -0.4 is 5.32 Å². The maximum atomic E-state index is 5.57. The van der Waals surface area contributed by atoms with Crippen molar-refractivity contribution in [1.29, 1.82) is 0 Å². The third-order valence-corrected chi connectivity index (χ3v) is 3.24. The number of methoxy groups -OCH3 is 1. The Kier molecular flexibility index (Phi) is 6.22. The molecule has 0 saturated heterocycles. The standard InChI is InChI=1S/C13H25N3O/c1-5-7-12(17-4)11(14-3)10-13-15-8-9-16(13)6-2/h8-9,11-12,14H,5-7,10H2,1-4H3. The van der Waals surface area contributed by atoms with E-state index < -0.39 is 0 Å². The molecular weight excluding hydrogens is 214 g/mol. The second-order valence-electron chi connectivity index (χ2n) is 4.29. The van der Waals surface area contributed by atoms with Gasteiger partial charge in [0.05, 0.1) is 6.10 Å². The van der Waals surface area contributed by atoms with Crippen molar-refractivity contribution < 1.29 is 4.74 Å². The number of aryl methyl sites for hydroxylation is 1. The van der Waals surface area contributed by atoms with Gasteiger partial charge in [0.15, 0.2) is 0 Å². The maximum Gasteiger partial charge on any atom is 0.110 e. The molecule has 0 fully saturated rings. The Morgan fingerprint density at radius 3 is 2.76 bits per heavy atom. The number of imidazole rings is 1. The zero-order valence-electron chi connectivity index (χ0n) is 11.4. The van der Waals surface area contributed by atoms with Crippen LogP contribution in [0.5, 0.6) is 0 Å². The van der Waals surface area contributed by atoms with Gasteiger partial charge >= 0.3 is 0 Å². The van der Waals surface area contributed by atoms with Crippen LogP contribution in [0, 0.1) is 0 Å². The van der Waals surface area contributed by atoms with Gasteiger partial charge in [-0.3, -0.25) is 0 Å². The molecule has 2 atom stereocenters. The summed E-state index contributed by atoms with van der Waals surface area (Å²) < 4.78 is 7.75. The predicted molar refractivity (Wildman–Crippen MR) is 70.2 cm³/mol. The van der Waals surface area contributed by atoms with Crippen LogP contribution in [0.1, 0.15) is 32.5 Å². The van der Waals surface area contributed by atoms with Crippen molar-refractivity contribution >= 4 is 0 Å². The van der Waals surface area contributed by atoms with E-state index in [-0.39, 0.29) is 6.10 Å². The van der Waals surface area contributed by atoms with Crippen LogP contribution in [0.25, 0.3) is 0 Å². The highest BCUT2D eigenvalue weighted by Crippen LogP contribution is 2.11. The van der Waals surface area contributed by atoms with Crippen molar-refractivity contribution in [3.05, 3.63) is 18.2 Å². The van der Waals surface area contributed by atoms with Gasteiger partial charge in [-0.15, -0.1) is 0 Å². The van der Waals surface area contributed by atoms with E-state index in [4.69, 9.17) is 4.74 Å². The Morgan fingerprint density at radius 2 is 2.24 bits per heavy atom. The normalized spacial score (nSPS) is 14.8. The topological polar surface area (TPSA) is 39.1 Å². The van der Waals surface area contributed by atoms with Crippen LogP contribution in [0.15, 0.2) is 12.4 Å². The summed E-state index contributed by atoms with van der Waals surface area (Å²) in [7, 11) is 3.78. The quantitative estimate of drug-likeness (QED) is 0.752. The summed E-state index contributed by atoms with van der Waals surface area (Å²) in [6.07, 6.45) is 7.28. The molecular formula is C13H25N3O. The summed E-state index contributed by atoms with van der Waals surface area (Å²) in [5.41, 5.74) is 0. The first-order chi connectivity index (χ1) is 8.26. The van der Waals surface area contributed by atoms with Crippen LogP contribution in [0.4, 0.5) is 0 Å². The summed E-state index contributed by atoms with van der Waals surface area (Å²) in [6.45, 7) is 5.29. The first kappa shape index (κ1) is 14.2. The molecule has 0 aromatic carbocycles. The minimum absolute atomic E-state index is 0.256. The number of likely N-dealkylation sites (N-methyl/N-ethyl adjacent to an activating group) is 1. The van der Waals surface area contributed by atoms with E-state index in [0.29, 0.717) is 6.04 Å². The van der Waals surface area contributed by atoms with E-state index in [9.17, 15) is 0 Å². The fourth-order valence-electron chi connectivity index (χ4n) is 2.20. The van der Waals surface area contributed by atoms with Gasteiger partial charge in [-0.25, -0.2) is 4.98 Å². The lowest BCUT2D eigenvalue weighted by Gasteiger charge is -2.25. The fraction of sp³-hybridized carbons (Fsp3) is 0.769. The SMILES string of the molecule is CCCC(OC)C(Cc1nccn1CC)NC. The summed E-state index contributed by atoms with van der Waals surface area (Å²) >= 11 is 0. The van der Waals surface area contributed by atoms with Crippen LogP contribution in [-0.4, -0.2) is 35.9 Å². The van der Waals surface area contributed by atoms with Gasteiger partial charge in [0, 0.05) is 38.5 Å². The molecule has 1 aromatic rings. The molecule has 1 rings (SSSR count). The lowest BCUT2D eigenvalue weighted by Crippen LogP contribution is -2.41. The van der Waals surface area contributed by atoms with Crippen molar-refractivity contribution in [3.8, 4) is 0 Å². The Bertz CT molecular complexity index is 311. The molecule has 1 heterocycles. The number of rotatable bonds is 8. The summed E-state index contributed by atoms with van der Waals surface area (Å²) in [5, 5.41) is 3.35. The van der Waals surface area contributed by atoms with Gasteiger partial charge in [0.25, 0.3) is 0 Å². The lowest BCUT2D eigenvalue weighted by atomic mass is 10.0. The van der Waals surface area contributed by atoms with Crippen molar-refractivity contribution in [2.75, 3.05) is 14.2 Å². The van der Waals surface area contributed by atoms with Crippen molar-refractivity contribution in [3.63, 3.8) is 0 Å². The monoisotopic (exact) mass is 239 g/mol. The lowest BCUT2D eigenvalue weighted by molar-refractivity contribution is 0.0624. The van der Waals surface area contributed by atoms with E-state index in [2.05, 4.69) is 28.7 Å². The molecule has 4 nitrogen and oxygen atoms in total. The van der Waals surface area contributed by atoms with Crippen LogP contribution in [0.3, 0.4) is 0 Å². The molecule has 0 saturated carbocycles. The molecule has 0 aliphatic carbocycles. The van der Waals surface area contributed by atoms with Crippen molar-refractivity contribution in [2.45, 2.75) is 51.8 Å². The van der Waals surface area contributed by atoms with E-state index in [1.54, 1.807) is 7.11 Å². The molecule has 0 aliphatic heterocycles. The van der Waals surface area contributed by atoms with E-state index in [0.717, 1.165) is 31.6 Å². The number of ether oxygens (including phenoxy) is 1. The Hall–Kier alpha value is -0.870. The molecule has 1 aromatic heterocycles. The van der Waals surface area contributed by atoms with E-state index in [1.165, 1.54) is 0 Å². The largest absolute Gasteiger partial charge is 0.380 e. The van der Waals surface area contributed by atoms with Crippen LogP contribution in [-0.2, 0) is 17.7 Å². The first-order valence-electron chi connectivity index (χ1n) is 6.46. The summed E-state index contributed by atoms with van der Waals surface area (Å²) in [4.78, 5) is 4.42. The van der Waals surface area contributed by atoms with Gasteiger partial charge in [-0.1, -0.05) is 13.3 Å². The van der Waals surface area contributed by atoms with Gasteiger partial charge in [-0.05, 0) is 20.4 Å². The maximum absolute atomic E-state index is 5.57. The average molecular weight is 239 g/mol. The second-order valence-corrected chi connectivity index (χ2v) is 4.29. The highest BCUT2D eigenvalue weighted by Gasteiger charge is 2.20. The molecule has 0 spiro atoms. The van der Waals surface area contributed by atoms with Crippen LogP contribution >= 0.6 is 0 Å². The third-order valence-electron chi connectivity index (χ3n) is 3.24. The Labute approximate surface area is 104 Å². The van der Waals surface area contributed by atoms with E-state index in [1.807, 2.05) is 19.4 Å². The van der Waals surface area contributed by atoms with Crippen molar-refractivity contribution in [2.24, 2.45) is 0 Å². The minimum Gasteiger partial charge on any atom is -0.380 e. The summed E-state index contributed by atoms with van der Waals surface area (Å²) in [6, 6.07) is 0.327. The Balaban J connectivity index is 2.68.